The Bertz CT molecular complexity index is 224. The van der Waals surface area contributed by atoms with Gasteiger partial charge in [0.05, 0.1) is 0 Å². The van der Waals surface area contributed by atoms with E-state index in [-0.39, 0.29) is 0 Å². The fourth-order valence-corrected chi connectivity index (χ4v) is 2.79. The summed E-state index contributed by atoms with van der Waals surface area (Å²) in [4.78, 5) is 14.1. The van der Waals surface area contributed by atoms with Gasteiger partial charge in [0.25, 0.3) is 0 Å². The lowest BCUT2D eigenvalue weighted by Crippen LogP contribution is -2.52. The minimum absolute atomic E-state index is 0.382. The van der Waals surface area contributed by atoms with Crippen LogP contribution in [0.25, 0.3) is 0 Å². The molecule has 1 heterocycles. The molecule has 15 heavy (non-hydrogen) atoms. The molecule has 1 aliphatic carbocycles. The molecule has 1 aliphatic heterocycles. The zero-order valence-corrected chi connectivity index (χ0v) is 9.67. The highest BCUT2D eigenvalue weighted by Gasteiger charge is 2.26. The summed E-state index contributed by atoms with van der Waals surface area (Å²) >= 11 is 0. The monoisotopic (exact) mass is 210 g/mol. The van der Waals surface area contributed by atoms with Crippen molar-refractivity contribution in [1.82, 2.24) is 10.2 Å². The predicted octanol–water partition coefficient (Wildman–Crippen LogP) is 1.39. The van der Waals surface area contributed by atoms with Crippen molar-refractivity contribution < 1.29 is 4.79 Å². The number of hydrogen-bond acceptors (Lipinski definition) is 2. The van der Waals surface area contributed by atoms with E-state index in [1.54, 1.807) is 0 Å². The van der Waals surface area contributed by atoms with E-state index in [2.05, 4.69) is 17.1 Å². The topological polar surface area (TPSA) is 32.3 Å². The van der Waals surface area contributed by atoms with Gasteiger partial charge in [-0.3, -0.25) is 4.79 Å². The Balaban J connectivity index is 1.83. The fraction of sp³-hybridized carbons (Fsp3) is 0.917. The lowest BCUT2D eigenvalue weighted by Gasteiger charge is -2.34. The van der Waals surface area contributed by atoms with Gasteiger partial charge in [0.15, 0.2) is 0 Å². The van der Waals surface area contributed by atoms with Crippen molar-refractivity contribution in [2.24, 2.45) is 5.92 Å². The summed E-state index contributed by atoms with van der Waals surface area (Å²) in [5, 5.41) is 3.32. The van der Waals surface area contributed by atoms with Gasteiger partial charge in [0, 0.05) is 32.1 Å². The van der Waals surface area contributed by atoms with Gasteiger partial charge in [0.2, 0.25) is 5.91 Å². The van der Waals surface area contributed by atoms with Gasteiger partial charge >= 0.3 is 0 Å². The molecule has 1 N–H and O–H groups in total. The van der Waals surface area contributed by atoms with Gasteiger partial charge in [-0.05, 0) is 25.7 Å². The standard InChI is InChI=1S/C12H22N2O/c1-10-9-13-6-7-14(10)12(15)8-11-4-2-3-5-11/h10-11,13H,2-9H2,1H3/t10-/m0/s1. The molecule has 3 heteroatoms. The lowest BCUT2D eigenvalue weighted by molar-refractivity contribution is -0.134. The lowest BCUT2D eigenvalue weighted by atomic mass is 10.0. The summed E-state index contributed by atoms with van der Waals surface area (Å²) < 4.78 is 0. The van der Waals surface area contributed by atoms with Crippen molar-refractivity contribution in [2.45, 2.75) is 45.1 Å². The summed E-state index contributed by atoms with van der Waals surface area (Å²) in [5.74, 6) is 1.07. The van der Waals surface area contributed by atoms with E-state index in [0.29, 0.717) is 17.9 Å². The number of amides is 1. The minimum atomic E-state index is 0.382. The van der Waals surface area contributed by atoms with E-state index in [1.807, 2.05) is 0 Å². The van der Waals surface area contributed by atoms with Crippen molar-refractivity contribution >= 4 is 5.91 Å². The van der Waals surface area contributed by atoms with E-state index in [4.69, 9.17) is 0 Å². The smallest absolute Gasteiger partial charge is 0.223 e. The quantitative estimate of drug-likeness (QED) is 0.747. The van der Waals surface area contributed by atoms with Gasteiger partial charge in [-0.2, -0.15) is 0 Å². The number of nitrogens with one attached hydrogen (secondary N) is 1. The number of hydrogen-bond donors (Lipinski definition) is 1. The van der Waals surface area contributed by atoms with Crippen molar-refractivity contribution in [3.63, 3.8) is 0 Å². The van der Waals surface area contributed by atoms with Gasteiger partial charge in [-0.15, -0.1) is 0 Å². The van der Waals surface area contributed by atoms with Crippen LogP contribution >= 0.6 is 0 Å². The van der Waals surface area contributed by atoms with Crippen LogP contribution in [0.5, 0.6) is 0 Å². The Hall–Kier alpha value is -0.570. The van der Waals surface area contributed by atoms with Gasteiger partial charge in [0.1, 0.15) is 0 Å². The molecule has 2 aliphatic rings. The molecule has 0 bridgehead atoms. The molecular formula is C12H22N2O. The van der Waals surface area contributed by atoms with Crippen LogP contribution in [0.15, 0.2) is 0 Å². The Kier molecular flexibility index (Phi) is 3.62. The number of nitrogens with zero attached hydrogens (tertiary/aromatic N) is 1. The summed E-state index contributed by atoms with van der Waals surface area (Å²) in [5.41, 5.74) is 0. The van der Waals surface area contributed by atoms with E-state index >= 15 is 0 Å². The number of piperazine rings is 1. The highest BCUT2D eigenvalue weighted by molar-refractivity contribution is 5.77. The number of rotatable bonds is 2. The normalized spacial score (nSPS) is 28.3. The second kappa shape index (κ2) is 4.97. The van der Waals surface area contributed by atoms with Crippen LogP contribution in [0.3, 0.4) is 0 Å². The van der Waals surface area contributed by atoms with Crippen LogP contribution in [0.2, 0.25) is 0 Å². The molecule has 1 amide bonds. The molecule has 1 saturated carbocycles. The maximum atomic E-state index is 12.1. The molecule has 1 atom stereocenters. The molecule has 0 radical (unpaired) electrons. The summed E-state index contributed by atoms with van der Waals surface area (Å²) in [6.07, 6.45) is 5.99. The van der Waals surface area contributed by atoms with Gasteiger partial charge in [-0.25, -0.2) is 0 Å². The molecule has 0 aromatic rings. The highest BCUT2D eigenvalue weighted by atomic mass is 16.2. The van der Waals surface area contributed by atoms with E-state index in [9.17, 15) is 4.79 Å². The minimum Gasteiger partial charge on any atom is -0.337 e. The maximum absolute atomic E-state index is 12.1. The fourth-order valence-electron chi connectivity index (χ4n) is 2.79. The van der Waals surface area contributed by atoms with Crippen molar-refractivity contribution in [2.75, 3.05) is 19.6 Å². The predicted molar refractivity (Wildman–Crippen MR) is 60.6 cm³/mol. The van der Waals surface area contributed by atoms with Crippen molar-refractivity contribution in [3.05, 3.63) is 0 Å². The summed E-state index contributed by atoms with van der Waals surface area (Å²) in [6.45, 7) is 4.95. The molecule has 2 rings (SSSR count). The molecule has 2 fully saturated rings. The third-order valence-electron chi connectivity index (χ3n) is 3.76. The Morgan fingerprint density at radius 1 is 1.40 bits per heavy atom. The molecule has 0 spiro atoms. The van der Waals surface area contributed by atoms with Crippen LogP contribution in [-0.4, -0.2) is 36.5 Å². The third-order valence-corrected chi connectivity index (χ3v) is 3.76. The maximum Gasteiger partial charge on any atom is 0.223 e. The Labute approximate surface area is 92.2 Å². The van der Waals surface area contributed by atoms with Crippen LogP contribution in [0, 0.1) is 5.92 Å². The Morgan fingerprint density at radius 3 is 2.80 bits per heavy atom. The second-order valence-corrected chi connectivity index (χ2v) is 4.99. The first-order valence-electron chi connectivity index (χ1n) is 6.27. The van der Waals surface area contributed by atoms with E-state index in [1.165, 1.54) is 25.7 Å². The Morgan fingerprint density at radius 2 is 2.13 bits per heavy atom. The molecule has 3 nitrogen and oxygen atoms in total. The summed E-state index contributed by atoms with van der Waals surface area (Å²) in [6, 6.07) is 0.382. The SMILES string of the molecule is C[C@H]1CNCCN1C(=O)CC1CCCC1. The van der Waals surface area contributed by atoms with Crippen LogP contribution in [0.1, 0.15) is 39.0 Å². The van der Waals surface area contributed by atoms with Gasteiger partial charge < -0.3 is 10.2 Å². The molecule has 1 saturated heterocycles. The largest absolute Gasteiger partial charge is 0.337 e. The van der Waals surface area contributed by atoms with E-state index < -0.39 is 0 Å². The average Bonchev–Trinajstić information content (AvgIpc) is 2.71. The number of carbonyl (C=O) groups excluding carboxylic acids is 1. The number of carbonyl (C=O) groups is 1. The third kappa shape index (κ3) is 2.71. The van der Waals surface area contributed by atoms with E-state index in [0.717, 1.165) is 26.1 Å². The highest BCUT2D eigenvalue weighted by Crippen LogP contribution is 2.28. The second-order valence-electron chi connectivity index (χ2n) is 4.99. The van der Waals surface area contributed by atoms with Crippen LogP contribution in [-0.2, 0) is 4.79 Å². The van der Waals surface area contributed by atoms with Crippen LogP contribution in [0.4, 0.5) is 0 Å². The molecular weight excluding hydrogens is 188 g/mol. The molecule has 0 aromatic heterocycles. The summed E-state index contributed by atoms with van der Waals surface area (Å²) in [7, 11) is 0. The van der Waals surface area contributed by atoms with Gasteiger partial charge in [-0.1, -0.05) is 12.8 Å². The molecule has 0 unspecified atom stereocenters. The average molecular weight is 210 g/mol. The molecule has 86 valence electrons. The first-order valence-corrected chi connectivity index (χ1v) is 6.27. The first kappa shape index (κ1) is 10.9. The zero-order valence-electron chi connectivity index (χ0n) is 9.67. The molecule has 0 aromatic carbocycles. The van der Waals surface area contributed by atoms with Crippen LogP contribution < -0.4 is 5.32 Å². The van der Waals surface area contributed by atoms with Crippen molar-refractivity contribution in [3.8, 4) is 0 Å². The van der Waals surface area contributed by atoms with Crippen molar-refractivity contribution in [1.29, 1.82) is 0 Å². The zero-order chi connectivity index (χ0) is 10.7. The first-order chi connectivity index (χ1) is 7.27.